The summed E-state index contributed by atoms with van der Waals surface area (Å²) in [6, 6.07) is 5.85. The fourth-order valence-corrected chi connectivity index (χ4v) is 3.92. The topological polar surface area (TPSA) is 46.5 Å². The molecule has 1 aliphatic rings. The van der Waals surface area contributed by atoms with Crippen LogP contribution in [0, 0.1) is 17.5 Å². The Morgan fingerprint density at radius 1 is 1.00 bits per heavy atom. The molecule has 0 bridgehead atoms. The maximum absolute atomic E-state index is 14.3. The zero-order chi connectivity index (χ0) is 22.4. The van der Waals surface area contributed by atoms with Gasteiger partial charge < -0.3 is 9.84 Å². The molecule has 2 aromatic rings. The van der Waals surface area contributed by atoms with Crippen LogP contribution in [0.4, 0.5) is 13.2 Å². The third-order valence-corrected chi connectivity index (χ3v) is 5.72. The Labute approximate surface area is 174 Å². The number of rotatable bonds is 4. The van der Waals surface area contributed by atoms with Gasteiger partial charge in [-0.1, -0.05) is 32.0 Å². The molecule has 3 rings (SSSR count). The molecule has 30 heavy (non-hydrogen) atoms. The number of aliphatic hydroxyl groups excluding tert-OH is 1. The number of aryl methyl sites for hydroxylation is 1. The zero-order valence-corrected chi connectivity index (χ0v) is 17.7. The standard InChI is InChI=1S/C24H25F3O3/c1-6-13-10-14(19-17(26)11-15(25)12-18(19)27)8-9-16(13)20-21(28)23(3,4)30-24(5,7-2)22(20)29/h8-12,29H,6-7H2,1-5H3. The van der Waals surface area contributed by atoms with Gasteiger partial charge in [0.05, 0.1) is 11.1 Å². The summed E-state index contributed by atoms with van der Waals surface area (Å²) in [6.45, 7) is 8.72. The van der Waals surface area contributed by atoms with Crippen LogP contribution in [-0.2, 0) is 16.0 Å². The summed E-state index contributed by atoms with van der Waals surface area (Å²) in [5, 5.41) is 10.9. The molecular weight excluding hydrogens is 393 g/mol. The van der Waals surface area contributed by atoms with Crippen LogP contribution in [0.3, 0.4) is 0 Å². The summed E-state index contributed by atoms with van der Waals surface area (Å²) >= 11 is 0. The second-order valence-corrected chi connectivity index (χ2v) is 8.22. The van der Waals surface area contributed by atoms with Gasteiger partial charge in [-0.3, -0.25) is 4.79 Å². The Hall–Kier alpha value is -2.60. The monoisotopic (exact) mass is 418 g/mol. The first kappa shape index (κ1) is 22.1. The Balaban J connectivity index is 2.23. The van der Waals surface area contributed by atoms with Gasteiger partial charge in [0.25, 0.3) is 0 Å². The summed E-state index contributed by atoms with van der Waals surface area (Å²) in [4.78, 5) is 13.1. The van der Waals surface area contributed by atoms with E-state index in [-0.39, 0.29) is 28.2 Å². The van der Waals surface area contributed by atoms with Gasteiger partial charge in [-0.05, 0) is 50.3 Å². The number of carbonyl (C=O) groups is 1. The molecule has 1 aliphatic heterocycles. The minimum Gasteiger partial charge on any atom is -0.508 e. The third kappa shape index (κ3) is 3.54. The van der Waals surface area contributed by atoms with Crippen LogP contribution in [-0.4, -0.2) is 22.1 Å². The largest absolute Gasteiger partial charge is 0.508 e. The molecule has 1 N–H and O–H groups in total. The van der Waals surface area contributed by atoms with Crippen molar-refractivity contribution < 1.29 is 27.8 Å². The molecule has 0 fully saturated rings. The Morgan fingerprint density at radius 3 is 2.13 bits per heavy atom. The van der Waals surface area contributed by atoms with Crippen molar-refractivity contribution in [2.75, 3.05) is 0 Å². The predicted octanol–water partition coefficient (Wildman–Crippen LogP) is 6.15. The molecule has 1 heterocycles. The number of carbonyl (C=O) groups excluding carboxylic acids is 1. The summed E-state index contributed by atoms with van der Waals surface area (Å²) < 4.78 is 47.7. The number of aliphatic hydroxyl groups is 1. The molecule has 3 nitrogen and oxygen atoms in total. The van der Waals surface area contributed by atoms with Crippen molar-refractivity contribution in [3.05, 3.63) is 64.7 Å². The molecule has 0 aliphatic carbocycles. The van der Waals surface area contributed by atoms with E-state index >= 15 is 0 Å². The molecule has 2 aromatic carbocycles. The smallest absolute Gasteiger partial charge is 0.198 e. The van der Waals surface area contributed by atoms with E-state index in [1.54, 1.807) is 32.9 Å². The minimum absolute atomic E-state index is 0.152. The SMILES string of the molecule is CCc1cc(-c2c(F)cc(F)cc2F)ccc1C1=C(O)C(C)(CC)OC(C)(C)C1=O. The number of benzene rings is 2. The van der Waals surface area contributed by atoms with Crippen LogP contribution >= 0.6 is 0 Å². The van der Waals surface area contributed by atoms with E-state index in [1.807, 2.05) is 13.8 Å². The highest BCUT2D eigenvalue weighted by atomic mass is 19.1. The van der Waals surface area contributed by atoms with Gasteiger partial charge >= 0.3 is 0 Å². The van der Waals surface area contributed by atoms with Crippen LogP contribution in [0.5, 0.6) is 0 Å². The summed E-state index contributed by atoms with van der Waals surface area (Å²) in [6.07, 6.45) is 0.895. The number of ether oxygens (including phenoxy) is 1. The molecule has 0 spiro atoms. The molecule has 1 unspecified atom stereocenters. The molecule has 0 amide bonds. The number of Topliss-reactive ketones (excluding diaryl/α,β-unsaturated/α-hetero) is 1. The van der Waals surface area contributed by atoms with Crippen LogP contribution in [0.1, 0.15) is 52.2 Å². The Kier molecular flexibility index (Phi) is 5.58. The van der Waals surface area contributed by atoms with Gasteiger partial charge in [-0.25, -0.2) is 13.2 Å². The molecular formula is C24H25F3O3. The molecule has 160 valence electrons. The average molecular weight is 418 g/mol. The van der Waals surface area contributed by atoms with Crippen molar-refractivity contribution in [1.82, 2.24) is 0 Å². The first-order chi connectivity index (χ1) is 13.9. The maximum atomic E-state index is 14.3. The third-order valence-electron chi connectivity index (χ3n) is 5.72. The minimum atomic E-state index is -1.15. The van der Waals surface area contributed by atoms with Gasteiger partial charge in [0.1, 0.15) is 34.4 Å². The van der Waals surface area contributed by atoms with Gasteiger partial charge in [0, 0.05) is 12.1 Å². The fraction of sp³-hybridized carbons (Fsp3) is 0.375. The highest BCUT2D eigenvalue weighted by Crippen LogP contribution is 2.43. The summed E-state index contributed by atoms with van der Waals surface area (Å²) in [7, 11) is 0. The number of hydrogen-bond acceptors (Lipinski definition) is 3. The number of hydrogen-bond donors (Lipinski definition) is 1. The van der Waals surface area contributed by atoms with Gasteiger partial charge in [0.2, 0.25) is 0 Å². The predicted molar refractivity (Wildman–Crippen MR) is 110 cm³/mol. The molecule has 0 radical (unpaired) electrons. The molecule has 1 atom stereocenters. The van der Waals surface area contributed by atoms with E-state index in [9.17, 15) is 23.1 Å². The summed E-state index contributed by atoms with van der Waals surface area (Å²) in [5.74, 6) is -3.54. The van der Waals surface area contributed by atoms with Crippen molar-refractivity contribution >= 4 is 11.4 Å². The van der Waals surface area contributed by atoms with Crippen LogP contribution in [0.25, 0.3) is 16.7 Å². The van der Waals surface area contributed by atoms with E-state index in [0.717, 1.165) is 0 Å². The zero-order valence-electron chi connectivity index (χ0n) is 17.7. The quantitative estimate of drug-likeness (QED) is 0.648. The lowest BCUT2D eigenvalue weighted by Crippen LogP contribution is -2.50. The van der Waals surface area contributed by atoms with Crippen molar-refractivity contribution in [3.63, 3.8) is 0 Å². The van der Waals surface area contributed by atoms with Gasteiger partial charge in [-0.2, -0.15) is 0 Å². The normalized spacial score (nSPS) is 21.3. The lowest BCUT2D eigenvalue weighted by molar-refractivity contribution is -0.162. The van der Waals surface area contributed by atoms with Crippen molar-refractivity contribution in [2.45, 2.75) is 58.7 Å². The Bertz CT molecular complexity index is 1030. The van der Waals surface area contributed by atoms with Crippen LogP contribution < -0.4 is 0 Å². The first-order valence-corrected chi connectivity index (χ1v) is 9.92. The molecule has 6 heteroatoms. The van der Waals surface area contributed by atoms with Gasteiger partial charge in [-0.15, -0.1) is 0 Å². The lowest BCUT2D eigenvalue weighted by Gasteiger charge is -2.42. The van der Waals surface area contributed by atoms with Crippen molar-refractivity contribution in [2.24, 2.45) is 0 Å². The average Bonchev–Trinajstić information content (AvgIpc) is 2.66. The molecule has 0 saturated carbocycles. The molecule has 0 saturated heterocycles. The fourth-order valence-electron chi connectivity index (χ4n) is 3.92. The van der Waals surface area contributed by atoms with E-state index in [0.29, 0.717) is 36.1 Å². The van der Waals surface area contributed by atoms with Gasteiger partial charge in [0.15, 0.2) is 5.78 Å². The maximum Gasteiger partial charge on any atom is 0.198 e. The van der Waals surface area contributed by atoms with Crippen molar-refractivity contribution in [1.29, 1.82) is 0 Å². The van der Waals surface area contributed by atoms with E-state index in [2.05, 4.69) is 0 Å². The van der Waals surface area contributed by atoms with Crippen molar-refractivity contribution in [3.8, 4) is 11.1 Å². The van der Waals surface area contributed by atoms with E-state index in [1.165, 1.54) is 6.07 Å². The van der Waals surface area contributed by atoms with Crippen LogP contribution in [0.2, 0.25) is 0 Å². The first-order valence-electron chi connectivity index (χ1n) is 9.92. The van der Waals surface area contributed by atoms with E-state index < -0.39 is 28.7 Å². The highest BCUT2D eigenvalue weighted by molar-refractivity contribution is 6.26. The highest BCUT2D eigenvalue weighted by Gasteiger charge is 2.48. The second kappa shape index (κ2) is 7.58. The number of ketones is 1. The summed E-state index contributed by atoms with van der Waals surface area (Å²) in [5.41, 5.74) is -1.03. The van der Waals surface area contributed by atoms with Crippen LogP contribution in [0.15, 0.2) is 36.1 Å². The molecule has 0 aromatic heterocycles. The second-order valence-electron chi connectivity index (χ2n) is 8.22. The lowest BCUT2D eigenvalue weighted by atomic mass is 9.79. The van der Waals surface area contributed by atoms with E-state index in [4.69, 9.17) is 4.74 Å². The Morgan fingerprint density at radius 2 is 1.60 bits per heavy atom. The number of halogens is 3.